The largest absolute Gasteiger partial charge is 0.394 e. The van der Waals surface area contributed by atoms with E-state index in [1.807, 2.05) is 6.92 Å². The lowest BCUT2D eigenvalue weighted by atomic mass is 10.0. The molecule has 2 rings (SSSR count). The molecule has 6 heteroatoms. The summed E-state index contributed by atoms with van der Waals surface area (Å²) in [6.07, 6.45) is 3.72. The molecule has 0 saturated heterocycles. The van der Waals surface area contributed by atoms with Crippen molar-refractivity contribution in [2.24, 2.45) is 0 Å². The maximum atomic E-state index is 9.48. The highest BCUT2D eigenvalue weighted by atomic mass is 16.3. The SMILES string of the molecule is CCCC(CO)Nc1nc(C)nc(Nc2c(CC)cccc2CC)n1. The van der Waals surface area contributed by atoms with Gasteiger partial charge in [-0.2, -0.15) is 15.0 Å². The molecule has 0 bridgehead atoms. The van der Waals surface area contributed by atoms with E-state index < -0.39 is 0 Å². The Kier molecular flexibility index (Phi) is 7.13. The van der Waals surface area contributed by atoms with E-state index >= 15 is 0 Å². The Balaban J connectivity index is 2.29. The summed E-state index contributed by atoms with van der Waals surface area (Å²) in [6, 6.07) is 6.29. The van der Waals surface area contributed by atoms with Gasteiger partial charge in [0, 0.05) is 5.69 Å². The number of rotatable bonds is 9. The molecule has 0 fully saturated rings. The molecule has 1 aromatic heterocycles. The molecule has 136 valence electrons. The van der Waals surface area contributed by atoms with Crippen LogP contribution in [0.1, 0.15) is 50.6 Å². The number of aliphatic hydroxyl groups excluding tert-OH is 1. The fourth-order valence-corrected chi connectivity index (χ4v) is 2.86. The molecular formula is C19H29N5O. The number of aliphatic hydroxyl groups is 1. The van der Waals surface area contributed by atoms with Gasteiger partial charge in [-0.05, 0) is 37.3 Å². The van der Waals surface area contributed by atoms with Crippen LogP contribution in [0.2, 0.25) is 0 Å². The standard InChI is InChI=1S/C19H29N5O/c1-5-9-16(12-25)22-18-20-13(4)21-19(24-18)23-17-14(6-2)10-8-11-15(17)7-3/h8,10-11,16,25H,5-7,9,12H2,1-4H3,(H2,20,21,22,23,24). The van der Waals surface area contributed by atoms with E-state index in [2.05, 4.69) is 64.6 Å². The van der Waals surface area contributed by atoms with Crippen LogP contribution in [0.5, 0.6) is 0 Å². The average Bonchev–Trinajstić information content (AvgIpc) is 2.61. The van der Waals surface area contributed by atoms with E-state index in [1.54, 1.807) is 0 Å². The van der Waals surface area contributed by atoms with Gasteiger partial charge in [0.1, 0.15) is 5.82 Å². The number of hydrogen-bond donors (Lipinski definition) is 3. The minimum absolute atomic E-state index is 0.0474. The molecule has 1 unspecified atom stereocenters. The van der Waals surface area contributed by atoms with Crippen LogP contribution in [0, 0.1) is 6.92 Å². The van der Waals surface area contributed by atoms with Crippen molar-refractivity contribution < 1.29 is 5.11 Å². The summed E-state index contributed by atoms with van der Waals surface area (Å²) in [6.45, 7) is 8.27. The smallest absolute Gasteiger partial charge is 0.232 e. The molecule has 1 atom stereocenters. The first kappa shape index (κ1) is 19.1. The van der Waals surface area contributed by atoms with Crippen LogP contribution in [0.15, 0.2) is 18.2 Å². The summed E-state index contributed by atoms with van der Waals surface area (Å²) in [5.41, 5.74) is 3.56. The molecule has 0 radical (unpaired) electrons. The third kappa shape index (κ3) is 5.13. The van der Waals surface area contributed by atoms with Gasteiger partial charge < -0.3 is 15.7 Å². The van der Waals surface area contributed by atoms with Crippen LogP contribution in [0.3, 0.4) is 0 Å². The van der Waals surface area contributed by atoms with Crippen molar-refractivity contribution in [3.8, 4) is 0 Å². The monoisotopic (exact) mass is 343 g/mol. The first-order valence-corrected chi connectivity index (χ1v) is 9.09. The van der Waals surface area contributed by atoms with Crippen LogP contribution in [-0.4, -0.2) is 32.7 Å². The molecule has 25 heavy (non-hydrogen) atoms. The zero-order chi connectivity index (χ0) is 18.2. The Labute approximate surface area is 150 Å². The van der Waals surface area contributed by atoms with E-state index in [0.29, 0.717) is 17.7 Å². The number of nitrogens with zero attached hydrogens (tertiary/aromatic N) is 3. The van der Waals surface area contributed by atoms with Crippen molar-refractivity contribution in [3.63, 3.8) is 0 Å². The van der Waals surface area contributed by atoms with Crippen LogP contribution < -0.4 is 10.6 Å². The second kappa shape index (κ2) is 9.32. The Morgan fingerprint density at radius 3 is 2.20 bits per heavy atom. The molecule has 2 aromatic rings. The average molecular weight is 343 g/mol. The maximum absolute atomic E-state index is 9.48. The van der Waals surface area contributed by atoms with Crippen LogP contribution in [0.25, 0.3) is 0 Å². The van der Waals surface area contributed by atoms with E-state index in [-0.39, 0.29) is 12.6 Å². The van der Waals surface area contributed by atoms with Crippen molar-refractivity contribution in [1.29, 1.82) is 0 Å². The summed E-state index contributed by atoms with van der Waals surface area (Å²) in [4.78, 5) is 13.3. The van der Waals surface area contributed by atoms with Crippen LogP contribution in [0.4, 0.5) is 17.6 Å². The van der Waals surface area contributed by atoms with Gasteiger partial charge in [0.05, 0.1) is 12.6 Å². The molecule has 1 aromatic carbocycles. The Morgan fingerprint density at radius 2 is 1.64 bits per heavy atom. The summed E-state index contributed by atoms with van der Waals surface area (Å²) in [5.74, 6) is 1.66. The van der Waals surface area contributed by atoms with Gasteiger partial charge in [-0.25, -0.2) is 0 Å². The molecule has 0 aliphatic carbocycles. The van der Waals surface area contributed by atoms with Crippen LogP contribution in [-0.2, 0) is 12.8 Å². The molecule has 0 saturated carbocycles. The lowest BCUT2D eigenvalue weighted by Gasteiger charge is -2.17. The zero-order valence-electron chi connectivity index (χ0n) is 15.6. The van der Waals surface area contributed by atoms with Gasteiger partial charge in [-0.3, -0.25) is 0 Å². The summed E-state index contributed by atoms with van der Waals surface area (Å²) in [5, 5.41) is 16.1. The maximum Gasteiger partial charge on any atom is 0.232 e. The molecule has 6 nitrogen and oxygen atoms in total. The molecule has 3 N–H and O–H groups in total. The van der Waals surface area contributed by atoms with E-state index in [4.69, 9.17) is 0 Å². The van der Waals surface area contributed by atoms with Crippen molar-refractivity contribution in [2.45, 2.75) is 59.4 Å². The first-order valence-electron chi connectivity index (χ1n) is 9.09. The van der Waals surface area contributed by atoms with Gasteiger partial charge >= 0.3 is 0 Å². The number of nitrogens with one attached hydrogen (secondary N) is 2. The topological polar surface area (TPSA) is 83.0 Å². The van der Waals surface area contributed by atoms with Gasteiger partial charge in [-0.1, -0.05) is 45.4 Å². The number of para-hydroxylation sites is 1. The second-order valence-electron chi connectivity index (χ2n) is 6.13. The van der Waals surface area contributed by atoms with Crippen LogP contribution >= 0.6 is 0 Å². The highest BCUT2D eigenvalue weighted by molar-refractivity contribution is 5.64. The van der Waals surface area contributed by atoms with Crippen molar-refractivity contribution >= 4 is 17.6 Å². The van der Waals surface area contributed by atoms with Gasteiger partial charge in [0.2, 0.25) is 11.9 Å². The number of anilines is 3. The first-order chi connectivity index (χ1) is 12.1. The third-order valence-corrected chi connectivity index (χ3v) is 4.17. The summed E-state index contributed by atoms with van der Waals surface area (Å²) < 4.78 is 0. The number of hydrogen-bond acceptors (Lipinski definition) is 6. The molecule has 1 heterocycles. The minimum atomic E-state index is -0.0474. The predicted octanol–water partition coefficient (Wildman–Crippen LogP) is 3.62. The highest BCUT2D eigenvalue weighted by Crippen LogP contribution is 2.25. The second-order valence-corrected chi connectivity index (χ2v) is 6.13. The quantitative estimate of drug-likeness (QED) is 0.645. The fraction of sp³-hybridized carbons (Fsp3) is 0.526. The van der Waals surface area contributed by atoms with E-state index in [1.165, 1.54) is 11.1 Å². The normalized spacial score (nSPS) is 12.0. The summed E-state index contributed by atoms with van der Waals surface area (Å²) >= 11 is 0. The summed E-state index contributed by atoms with van der Waals surface area (Å²) in [7, 11) is 0. The van der Waals surface area contributed by atoms with Crippen molar-refractivity contribution in [1.82, 2.24) is 15.0 Å². The predicted molar refractivity (Wildman–Crippen MR) is 102 cm³/mol. The zero-order valence-corrected chi connectivity index (χ0v) is 15.6. The van der Waals surface area contributed by atoms with Gasteiger partial charge in [0.25, 0.3) is 0 Å². The highest BCUT2D eigenvalue weighted by Gasteiger charge is 2.12. The molecular weight excluding hydrogens is 314 g/mol. The Hall–Kier alpha value is -2.21. The van der Waals surface area contributed by atoms with Gasteiger partial charge in [0.15, 0.2) is 0 Å². The van der Waals surface area contributed by atoms with Crippen molar-refractivity contribution in [3.05, 3.63) is 35.2 Å². The van der Waals surface area contributed by atoms with Gasteiger partial charge in [-0.15, -0.1) is 0 Å². The Morgan fingerprint density at radius 1 is 1.00 bits per heavy atom. The molecule has 0 spiro atoms. The molecule has 0 aliphatic rings. The third-order valence-electron chi connectivity index (χ3n) is 4.17. The number of aryl methyl sites for hydroxylation is 3. The molecule has 0 aliphatic heterocycles. The number of benzene rings is 1. The van der Waals surface area contributed by atoms with E-state index in [0.717, 1.165) is 31.4 Å². The lowest BCUT2D eigenvalue weighted by molar-refractivity contribution is 0.268. The Bertz CT molecular complexity index is 667. The molecule has 0 amide bonds. The van der Waals surface area contributed by atoms with Crippen molar-refractivity contribution in [2.75, 3.05) is 17.2 Å². The fourth-order valence-electron chi connectivity index (χ4n) is 2.86. The minimum Gasteiger partial charge on any atom is -0.394 e. The van der Waals surface area contributed by atoms with E-state index in [9.17, 15) is 5.11 Å². The lowest BCUT2D eigenvalue weighted by Crippen LogP contribution is -2.25. The number of aromatic nitrogens is 3.